The number of halogens is 3. The van der Waals surface area contributed by atoms with Crippen LogP contribution < -0.4 is 5.32 Å². The van der Waals surface area contributed by atoms with Crippen molar-refractivity contribution in [2.24, 2.45) is 5.92 Å². The van der Waals surface area contributed by atoms with Crippen molar-refractivity contribution >= 4 is 5.82 Å². The molecular formula is C14H15F3N4. The molecule has 0 saturated carbocycles. The SMILES string of the molecule is N#Cc1ccc(C(F)(F)F)nc1NC1CN2CCC1CC2. The van der Waals surface area contributed by atoms with E-state index in [0.717, 1.165) is 38.5 Å². The summed E-state index contributed by atoms with van der Waals surface area (Å²) < 4.78 is 38.3. The predicted molar refractivity (Wildman–Crippen MR) is 70.5 cm³/mol. The van der Waals surface area contributed by atoms with Gasteiger partial charge in [0.05, 0.1) is 5.56 Å². The Kier molecular flexibility index (Phi) is 3.49. The molecule has 3 aliphatic rings. The lowest BCUT2D eigenvalue weighted by Crippen LogP contribution is -2.53. The third-order valence-electron chi connectivity index (χ3n) is 4.28. The molecule has 0 aromatic carbocycles. The summed E-state index contributed by atoms with van der Waals surface area (Å²) in [6.07, 6.45) is -2.42. The summed E-state index contributed by atoms with van der Waals surface area (Å²) in [7, 11) is 0. The monoisotopic (exact) mass is 296 g/mol. The zero-order valence-corrected chi connectivity index (χ0v) is 11.3. The van der Waals surface area contributed by atoms with Gasteiger partial charge in [-0.15, -0.1) is 0 Å². The first-order valence-corrected chi connectivity index (χ1v) is 6.94. The molecule has 3 fully saturated rings. The number of nitriles is 1. The van der Waals surface area contributed by atoms with Gasteiger partial charge in [-0.25, -0.2) is 4.98 Å². The van der Waals surface area contributed by atoms with E-state index in [1.807, 2.05) is 6.07 Å². The summed E-state index contributed by atoms with van der Waals surface area (Å²) in [6.45, 7) is 2.89. The number of anilines is 1. The van der Waals surface area contributed by atoms with Crippen LogP contribution in [0, 0.1) is 17.2 Å². The molecule has 2 bridgehead atoms. The van der Waals surface area contributed by atoms with Crippen LogP contribution in [0.25, 0.3) is 0 Å². The van der Waals surface area contributed by atoms with Crippen molar-refractivity contribution < 1.29 is 13.2 Å². The molecule has 3 saturated heterocycles. The number of piperidine rings is 3. The normalized spacial score (nSPS) is 28.2. The van der Waals surface area contributed by atoms with Gasteiger partial charge in [0.15, 0.2) is 0 Å². The lowest BCUT2D eigenvalue weighted by molar-refractivity contribution is -0.141. The molecule has 1 aromatic rings. The molecule has 0 spiro atoms. The second kappa shape index (κ2) is 5.19. The third-order valence-corrected chi connectivity index (χ3v) is 4.28. The van der Waals surface area contributed by atoms with E-state index in [1.165, 1.54) is 6.07 Å². The Bertz CT molecular complexity index is 571. The zero-order valence-electron chi connectivity index (χ0n) is 11.3. The van der Waals surface area contributed by atoms with Crippen LogP contribution in [0.2, 0.25) is 0 Å². The molecule has 4 nitrogen and oxygen atoms in total. The second-order valence-corrected chi connectivity index (χ2v) is 5.59. The van der Waals surface area contributed by atoms with Gasteiger partial charge in [0.1, 0.15) is 17.6 Å². The van der Waals surface area contributed by atoms with Crippen molar-refractivity contribution in [2.75, 3.05) is 25.0 Å². The number of alkyl halides is 3. The minimum absolute atomic E-state index is 0.0473. The standard InChI is InChI=1S/C14H15F3N4/c15-14(16,17)12-2-1-10(7-18)13(20-12)19-11-8-21-5-3-9(11)4-6-21/h1-2,9,11H,3-6,8H2,(H,19,20). The average molecular weight is 296 g/mol. The van der Waals surface area contributed by atoms with Crippen LogP contribution >= 0.6 is 0 Å². The maximum atomic E-state index is 12.8. The number of hydrogen-bond donors (Lipinski definition) is 1. The Morgan fingerprint density at radius 3 is 2.52 bits per heavy atom. The fourth-order valence-corrected chi connectivity index (χ4v) is 3.12. The highest BCUT2D eigenvalue weighted by atomic mass is 19.4. The van der Waals surface area contributed by atoms with E-state index in [2.05, 4.69) is 15.2 Å². The van der Waals surface area contributed by atoms with Crippen LogP contribution in [0.4, 0.5) is 19.0 Å². The van der Waals surface area contributed by atoms with Gasteiger partial charge in [-0.3, -0.25) is 0 Å². The van der Waals surface area contributed by atoms with Crippen molar-refractivity contribution in [3.8, 4) is 6.07 Å². The summed E-state index contributed by atoms with van der Waals surface area (Å²) in [4.78, 5) is 5.90. The van der Waals surface area contributed by atoms with Gasteiger partial charge < -0.3 is 10.2 Å². The number of rotatable bonds is 2. The molecule has 112 valence electrons. The van der Waals surface area contributed by atoms with Crippen LogP contribution in [0.1, 0.15) is 24.1 Å². The molecule has 0 amide bonds. The zero-order chi connectivity index (χ0) is 15.0. The Hall–Kier alpha value is -1.81. The molecule has 7 heteroatoms. The highest BCUT2D eigenvalue weighted by Gasteiger charge is 2.36. The summed E-state index contributed by atoms with van der Waals surface area (Å²) >= 11 is 0. The second-order valence-electron chi connectivity index (χ2n) is 5.59. The number of fused-ring (bicyclic) bond motifs is 3. The highest BCUT2D eigenvalue weighted by molar-refractivity contribution is 5.53. The quantitative estimate of drug-likeness (QED) is 0.911. The smallest absolute Gasteiger partial charge is 0.365 e. The van der Waals surface area contributed by atoms with Gasteiger partial charge in [-0.05, 0) is 44.0 Å². The van der Waals surface area contributed by atoms with Gasteiger partial charge in [0, 0.05) is 12.6 Å². The van der Waals surface area contributed by atoms with Crippen LogP contribution in [-0.2, 0) is 6.18 Å². The number of aromatic nitrogens is 1. The molecule has 21 heavy (non-hydrogen) atoms. The van der Waals surface area contributed by atoms with Crippen molar-refractivity contribution in [3.63, 3.8) is 0 Å². The van der Waals surface area contributed by atoms with E-state index in [9.17, 15) is 13.2 Å². The number of nitrogens with one attached hydrogen (secondary N) is 1. The van der Waals surface area contributed by atoms with Crippen molar-refractivity contribution in [3.05, 3.63) is 23.4 Å². The van der Waals surface area contributed by atoms with Crippen LogP contribution in [0.3, 0.4) is 0 Å². The molecule has 0 aliphatic carbocycles. The summed E-state index contributed by atoms with van der Waals surface area (Å²) in [6, 6.07) is 3.99. The first-order chi connectivity index (χ1) is 9.97. The first-order valence-electron chi connectivity index (χ1n) is 6.94. The van der Waals surface area contributed by atoms with E-state index in [-0.39, 0.29) is 17.4 Å². The third kappa shape index (κ3) is 2.81. The fourth-order valence-electron chi connectivity index (χ4n) is 3.12. The molecular weight excluding hydrogens is 281 g/mol. The average Bonchev–Trinajstić information content (AvgIpc) is 2.47. The Labute approximate surface area is 120 Å². The van der Waals surface area contributed by atoms with Gasteiger partial charge in [-0.1, -0.05) is 0 Å². The largest absolute Gasteiger partial charge is 0.433 e. The van der Waals surface area contributed by atoms with E-state index < -0.39 is 11.9 Å². The first kappa shape index (κ1) is 14.1. The van der Waals surface area contributed by atoms with Crippen molar-refractivity contribution in [2.45, 2.75) is 25.1 Å². The van der Waals surface area contributed by atoms with Crippen LogP contribution in [0.5, 0.6) is 0 Å². The van der Waals surface area contributed by atoms with Crippen molar-refractivity contribution in [1.29, 1.82) is 5.26 Å². The van der Waals surface area contributed by atoms with Gasteiger partial charge >= 0.3 is 6.18 Å². The fraction of sp³-hybridized carbons (Fsp3) is 0.571. The molecule has 1 aromatic heterocycles. The van der Waals surface area contributed by atoms with Crippen LogP contribution in [0.15, 0.2) is 12.1 Å². The summed E-state index contributed by atoms with van der Waals surface area (Å²) in [5.74, 6) is 0.490. The van der Waals surface area contributed by atoms with E-state index >= 15 is 0 Å². The lowest BCUT2D eigenvalue weighted by Gasteiger charge is -2.45. The summed E-state index contributed by atoms with van der Waals surface area (Å²) in [5, 5.41) is 12.1. The molecule has 1 atom stereocenters. The number of hydrogen-bond acceptors (Lipinski definition) is 4. The molecule has 3 aliphatic heterocycles. The predicted octanol–water partition coefficient (Wildman–Crippen LogP) is 2.48. The van der Waals surface area contributed by atoms with E-state index in [1.54, 1.807) is 0 Å². The van der Waals surface area contributed by atoms with Gasteiger partial charge in [-0.2, -0.15) is 18.4 Å². The highest BCUT2D eigenvalue weighted by Crippen LogP contribution is 2.32. The van der Waals surface area contributed by atoms with Crippen LogP contribution in [-0.4, -0.2) is 35.6 Å². The van der Waals surface area contributed by atoms with Gasteiger partial charge in [0.2, 0.25) is 0 Å². The minimum Gasteiger partial charge on any atom is -0.365 e. The number of pyridine rings is 1. The Balaban J connectivity index is 1.85. The topological polar surface area (TPSA) is 52.0 Å². The Morgan fingerprint density at radius 1 is 1.29 bits per heavy atom. The molecule has 0 radical (unpaired) electrons. The van der Waals surface area contributed by atoms with E-state index in [4.69, 9.17) is 5.26 Å². The molecule has 1 unspecified atom stereocenters. The van der Waals surface area contributed by atoms with E-state index in [0.29, 0.717) is 5.92 Å². The lowest BCUT2D eigenvalue weighted by atomic mass is 9.84. The van der Waals surface area contributed by atoms with Gasteiger partial charge in [0.25, 0.3) is 0 Å². The molecule has 4 rings (SSSR count). The van der Waals surface area contributed by atoms with Crippen molar-refractivity contribution in [1.82, 2.24) is 9.88 Å². The molecule has 4 heterocycles. The molecule has 1 N–H and O–H groups in total. The Morgan fingerprint density at radius 2 is 2.00 bits per heavy atom. The maximum Gasteiger partial charge on any atom is 0.433 e. The number of nitrogens with zero attached hydrogens (tertiary/aromatic N) is 3. The maximum absolute atomic E-state index is 12.8. The summed E-state index contributed by atoms with van der Waals surface area (Å²) in [5.41, 5.74) is -0.815. The minimum atomic E-state index is -4.50.